The number of hydrogen-bond donors (Lipinski definition) is 2. The number of ether oxygens (including phenoxy) is 1. The fourth-order valence-corrected chi connectivity index (χ4v) is 1.30. The van der Waals surface area contributed by atoms with Gasteiger partial charge in [0.05, 0.1) is 5.69 Å². The van der Waals surface area contributed by atoms with E-state index in [0.29, 0.717) is 0 Å². The Hall–Kier alpha value is -2.63. The zero-order chi connectivity index (χ0) is 13.1. The number of carboxylic acids is 1. The molecule has 2 rings (SSSR count). The maximum absolute atomic E-state index is 13.2. The second-order valence-corrected chi connectivity index (χ2v) is 3.47. The zero-order valence-electron chi connectivity index (χ0n) is 9.13. The van der Waals surface area contributed by atoms with Crippen LogP contribution in [0.15, 0.2) is 36.5 Å². The highest BCUT2D eigenvalue weighted by molar-refractivity contribution is 5.85. The summed E-state index contributed by atoms with van der Waals surface area (Å²) in [5, 5.41) is 8.76. The van der Waals surface area contributed by atoms with Crippen LogP contribution < -0.4 is 10.5 Å². The minimum Gasteiger partial charge on any atom is -0.477 e. The number of benzene rings is 1. The van der Waals surface area contributed by atoms with Crippen molar-refractivity contribution < 1.29 is 19.0 Å². The molecule has 92 valence electrons. The number of aromatic carboxylic acids is 1. The first-order chi connectivity index (χ1) is 8.56. The molecular weight excluding hydrogens is 239 g/mol. The van der Waals surface area contributed by atoms with Gasteiger partial charge in [-0.25, -0.2) is 14.2 Å². The SMILES string of the molecule is Nc1ccc(Oc2ccnc(C(=O)O)c2)cc1F. The molecule has 0 bridgehead atoms. The van der Waals surface area contributed by atoms with Crippen molar-refractivity contribution in [3.05, 3.63) is 48.0 Å². The Bertz CT molecular complexity index is 602. The van der Waals surface area contributed by atoms with Gasteiger partial charge < -0.3 is 15.6 Å². The average molecular weight is 248 g/mol. The second kappa shape index (κ2) is 4.70. The normalized spacial score (nSPS) is 10.1. The van der Waals surface area contributed by atoms with E-state index in [9.17, 15) is 9.18 Å². The molecule has 18 heavy (non-hydrogen) atoms. The first-order valence-electron chi connectivity index (χ1n) is 4.98. The smallest absolute Gasteiger partial charge is 0.354 e. The highest BCUT2D eigenvalue weighted by atomic mass is 19.1. The number of hydrogen-bond acceptors (Lipinski definition) is 4. The Labute approximate surface area is 102 Å². The molecule has 3 N–H and O–H groups in total. The lowest BCUT2D eigenvalue weighted by Crippen LogP contribution is -1.99. The van der Waals surface area contributed by atoms with E-state index in [4.69, 9.17) is 15.6 Å². The van der Waals surface area contributed by atoms with Crippen LogP contribution in [0.4, 0.5) is 10.1 Å². The minimum atomic E-state index is -1.16. The van der Waals surface area contributed by atoms with Crippen LogP contribution in [0, 0.1) is 5.82 Å². The van der Waals surface area contributed by atoms with Crippen LogP contribution in [0.1, 0.15) is 10.5 Å². The van der Waals surface area contributed by atoms with Crippen LogP contribution in [0.5, 0.6) is 11.5 Å². The van der Waals surface area contributed by atoms with E-state index in [-0.39, 0.29) is 22.9 Å². The predicted molar refractivity (Wildman–Crippen MR) is 62.1 cm³/mol. The molecule has 0 fully saturated rings. The van der Waals surface area contributed by atoms with Crippen molar-refractivity contribution in [3.63, 3.8) is 0 Å². The van der Waals surface area contributed by atoms with Crippen LogP contribution in [0.25, 0.3) is 0 Å². The van der Waals surface area contributed by atoms with E-state index >= 15 is 0 Å². The first kappa shape index (κ1) is 11.8. The molecule has 0 unspecified atom stereocenters. The lowest BCUT2D eigenvalue weighted by Gasteiger charge is -2.06. The highest BCUT2D eigenvalue weighted by Gasteiger charge is 2.07. The number of nitrogens with two attached hydrogens (primary N) is 1. The Morgan fingerprint density at radius 2 is 2.00 bits per heavy atom. The van der Waals surface area contributed by atoms with Crippen LogP contribution in [0.2, 0.25) is 0 Å². The predicted octanol–water partition coefficient (Wildman–Crippen LogP) is 2.29. The third-order valence-electron chi connectivity index (χ3n) is 2.16. The molecule has 2 aromatic rings. The van der Waals surface area contributed by atoms with Crippen molar-refractivity contribution >= 4 is 11.7 Å². The van der Waals surface area contributed by atoms with Gasteiger partial charge in [0.25, 0.3) is 0 Å². The van der Waals surface area contributed by atoms with Crippen molar-refractivity contribution in [2.24, 2.45) is 0 Å². The quantitative estimate of drug-likeness (QED) is 0.814. The van der Waals surface area contributed by atoms with E-state index < -0.39 is 11.8 Å². The van der Waals surface area contributed by atoms with Crippen molar-refractivity contribution in [1.82, 2.24) is 4.98 Å². The maximum atomic E-state index is 13.2. The number of carboxylic acid groups (broad SMARTS) is 1. The summed E-state index contributed by atoms with van der Waals surface area (Å²) < 4.78 is 18.5. The van der Waals surface area contributed by atoms with Crippen LogP contribution in [-0.2, 0) is 0 Å². The monoisotopic (exact) mass is 248 g/mol. The number of pyridine rings is 1. The van der Waals surface area contributed by atoms with E-state index in [0.717, 1.165) is 6.07 Å². The summed E-state index contributed by atoms with van der Waals surface area (Å²) in [6.07, 6.45) is 1.30. The standard InChI is InChI=1S/C12H9FN2O3/c13-9-5-7(1-2-10(9)14)18-8-3-4-15-11(6-8)12(16)17/h1-6H,14H2,(H,16,17). The third kappa shape index (κ3) is 2.54. The Kier molecular flexibility index (Phi) is 3.09. The van der Waals surface area contributed by atoms with Crippen LogP contribution >= 0.6 is 0 Å². The Morgan fingerprint density at radius 3 is 2.67 bits per heavy atom. The van der Waals surface area contributed by atoms with Crippen molar-refractivity contribution in [1.29, 1.82) is 0 Å². The first-order valence-corrected chi connectivity index (χ1v) is 4.98. The second-order valence-electron chi connectivity index (χ2n) is 3.47. The molecule has 5 nitrogen and oxygen atoms in total. The highest BCUT2D eigenvalue weighted by Crippen LogP contribution is 2.24. The molecule has 0 spiro atoms. The largest absolute Gasteiger partial charge is 0.477 e. The zero-order valence-corrected chi connectivity index (χ0v) is 9.13. The number of nitrogens with zero attached hydrogens (tertiary/aromatic N) is 1. The van der Waals surface area contributed by atoms with Gasteiger partial charge in [0, 0.05) is 18.3 Å². The summed E-state index contributed by atoms with van der Waals surface area (Å²) in [5.74, 6) is -1.28. The molecule has 0 amide bonds. The molecule has 0 saturated carbocycles. The number of rotatable bonds is 3. The molecule has 0 aliphatic carbocycles. The molecule has 1 aromatic carbocycles. The van der Waals surface area contributed by atoms with E-state index in [2.05, 4.69) is 4.98 Å². The fourth-order valence-electron chi connectivity index (χ4n) is 1.30. The van der Waals surface area contributed by atoms with Gasteiger partial charge in [-0.2, -0.15) is 0 Å². The molecule has 0 aliphatic rings. The summed E-state index contributed by atoms with van der Waals surface area (Å²) in [7, 11) is 0. The van der Waals surface area contributed by atoms with Crippen molar-refractivity contribution in [2.75, 3.05) is 5.73 Å². The van der Waals surface area contributed by atoms with Gasteiger partial charge in [-0.1, -0.05) is 0 Å². The average Bonchev–Trinajstić information content (AvgIpc) is 2.34. The molecule has 1 heterocycles. The topological polar surface area (TPSA) is 85.4 Å². The summed E-state index contributed by atoms with van der Waals surface area (Å²) in [6, 6.07) is 6.69. The Morgan fingerprint density at radius 1 is 1.28 bits per heavy atom. The van der Waals surface area contributed by atoms with Gasteiger partial charge in [-0.3, -0.25) is 0 Å². The maximum Gasteiger partial charge on any atom is 0.354 e. The third-order valence-corrected chi connectivity index (χ3v) is 2.16. The van der Waals surface area contributed by atoms with Crippen LogP contribution in [0.3, 0.4) is 0 Å². The number of carbonyl (C=O) groups is 1. The molecule has 0 atom stereocenters. The van der Waals surface area contributed by atoms with Gasteiger partial charge in [0.15, 0.2) is 5.69 Å². The lowest BCUT2D eigenvalue weighted by molar-refractivity contribution is 0.0690. The van der Waals surface area contributed by atoms with Gasteiger partial charge in [-0.15, -0.1) is 0 Å². The van der Waals surface area contributed by atoms with E-state index in [1.165, 1.54) is 30.5 Å². The molecule has 0 aliphatic heterocycles. The van der Waals surface area contributed by atoms with Crippen molar-refractivity contribution in [2.45, 2.75) is 0 Å². The fraction of sp³-hybridized carbons (Fsp3) is 0. The molecule has 1 aromatic heterocycles. The van der Waals surface area contributed by atoms with Crippen molar-refractivity contribution in [3.8, 4) is 11.5 Å². The summed E-state index contributed by atoms with van der Waals surface area (Å²) in [6.45, 7) is 0. The van der Waals surface area contributed by atoms with Crippen LogP contribution in [-0.4, -0.2) is 16.1 Å². The number of anilines is 1. The van der Waals surface area contributed by atoms with E-state index in [1.54, 1.807) is 0 Å². The summed E-state index contributed by atoms with van der Waals surface area (Å²) in [5.41, 5.74) is 5.19. The Balaban J connectivity index is 2.25. The lowest BCUT2D eigenvalue weighted by atomic mass is 10.3. The molecule has 6 heteroatoms. The van der Waals surface area contributed by atoms with Gasteiger partial charge >= 0.3 is 5.97 Å². The summed E-state index contributed by atoms with van der Waals surface area (Å²) >= 11 is 0. The van der Waals surface area contributed by atoms with E-state index in [1.807, 2.05) is 0 Å². The molecule has 0 saturated heterocycles. The molecular formula is C12H9FN2O3. The number of aromatic nitrogens is 1. The number of nitrogen functional groups attached to an aromatic ring is 1. The minimum absolute atomic E-state index is 0.0169. The summed E-state index contributed by atoms with van der Waals surface area (Å²) in [4.78, 5) is 14.3. The van der Waals surface area contributed by atoms with Gasteiger partial charge in [0.1, 0.15) is 17.3 Å². The van der Waals surface area contributed by atoms with Gasteiger partial charge in [0.2, 0.25) is 0 Å². The molecule has 0 radical (unpaired) electrons. The van der Waals surface area contributed by atoms with Gasteiger partial charge in [-0.05, 0) is 18.2 Å². The number of halogens is 1.